The molecule has 0 bridgehead atoms. The van der Waals surface area contributed by atoms with Gasteiger partial charge in [-0.2, -0.15) is 0 Å². The van der Waals surface area contributed by atoms with Gasteiger partial charge in [0, 0.05) is 31.7 Å². The first-order chi connectivity index (χ1) is 9.63. The van der Waals surface area contributed by atoms with Crippen LogP contribution < -0.4 is 0 Å². The van der Waals surface area contributed by atoms with Crippen LogP contribution in [0.3, 0.4) is 0 Å². The highest BCUT2D eigenvalue weighted by molar-refractivity contribution is 5.75. The Morgan fingerprint density at radius 2 is 2.25 bits per heavy atom. The molecule has 20 heavy (non-hydrogen) atoms. The molecule has 2 aliphatic rings. The van der Waals surface area contributed by atoms with Gasteiger partial charge in [0.05, 0.1) is 20.3 Å². The third-order valence-corrected chi connectivity index (χ3v) is 4.73. The quantitative estimate of drug-likeness (QED) is 0.684. The highest BCUT2D eigenvalue weighted by Gasteiger charge is 2.32. The van der Waals surface area contributed by atoms with E-state index in [-0.39, 0.29) is 12.0 Å². The lowest BCUT2D eigenvalue weighted by atomic mass is 9.90. The van der Waals surface area contributed by atoms with Gasteiger partial charge in [0.25, 0.3) is 0 Å². The summed E-state index contributed by atoms with van der Waals surface area (Å²) in [6.07, 6.45) is 3.70. The van der Waals surface area contributed by atoms with Gasteiger partial charge in [0.2, 0.25) is 0 Å². The molecule has 0 N–H and O–H groups in total. The predicted octanol–water partition coefficient (Wildman–Crippen LogP) is 1.12. The van der Waals surface area contributed by atoms with E-state index in [9.17, 15) is 4.79 Å². The van der Waals surface area contributed by atoms with Crippen molar-refractivity contribution in [3.63, 3.8) is 0 Å². The normalized spacial score (nSPS) is 26.3. The molecule has 1 heterocycles. The Morgan fingerprint density at radius 3 is 2.80 bits per heavy atom. The van der Waals surface area contributed by atoms with Gasteiger partial charge in [-0.25, -0.2) is 0 Å². The maximum absolute atomic E-state index is 11.8. The minimum Gasteiger partial charge on any atom is -0.468 e. The van der Waals surface area contributed by atoms with E-state index in [2.05, 4.69) is 16.7 Å². The van der Waals surface area contributed by atoms with Gasteiger partial charge in [0.15, 0.2) is 0 Å². The van der Waals surface area contributed by atoms with Gasteiger partial charge >= 0.3 is 5.97 Å². The monoisotopic (exact) mass is 284 g/mol. The number of hydrogen-bond donors (Lipinski definition) is 0. The zero-order chi connectivity index (χ0) is 14.5. The fourth-order valence-electron chi connectivity index (χ4n) is 3.05. The van der Waals surface area contributed by atoms with Crippen molar-refractivity contribution in [1.82, 2.24) is 9.80 Å². The van der Waals surface area contributed by atoms with Crippen LogP contribution in [-0.4, -0.2) is 73.9 Å². The van der Waals surface area contributed by atoms with Crippen molar-refractivity contribution in [2.45, 2.75) is 51.2 Å². The average Bonchev–Trinajstić information content (AvgIpc) is 2.41. The van der Waals surface area contributed by atoms with E-state index in [1.165, 1.54) is 26.4 Å². The molecule has 0 unspecified atom stereocenters. The fourth-order valence-corrected chi connectivity index (χ4v) is 3.05. The smallest absolute Gasteiger partial charge is 0.322 e. The molecule has 116 valence electrons. The van der Waals surface area contributed by atoms with E-state index in [0.717, 1.165) is 32.8 Å². The van der Waals surface area contributed by atoms with E-state index in [1.54, 1.807) is 0 Å². The Bertz CT molecular complexity index is 320. The number of rotatable bonds is 6. The van der Waals surface area contributed by atoms with Gasteiger partial charge in [-0.15, -0.1) is 0 Å². The van der Waals surface area contributed by atoms with Crippen LogP contribution in [0, 0.1) is 0 Å². The minimum absolute atomic E-state index is 0.119. The van der Waals surface area contributed by atoms with Gasteiger partial charge < -0.3 is 9.47 Å². The Labute approximate surface area is 122 Å². The molecule has 0 spiro atoms. The average molecular weight is 284 g/mol. The minimum atomic E-state index is -0.137. The molecule has 0 aromatic heterocycles. The summed E-state index contributed by atoms with van der Waals surface area (Å²) in [5.41, 5.74) is 0. The lowest BCUT2D eigenvalue weighted by molar-refractivity contribution is -0.148. The molecule has 5 heteroatoms. The van der Waals surface area contributed by atoms with Crippen molar-refractivity contribution in [2.24, 2.45) is 0 Å². The van der Waals surface area contributed by atoms with E-state index in [0.29, 0.717) is 12.1 Å². The molecule has 1 saturated carbocycles. The van der Waals surface area contributed by atoms with Crippen molar-refractivity contribution in [3.8, 4) is 0 Å². The fraction of sp³-hybridized carbons (Fsp3) is 0.933. The predicted molar refractivity (Wildman–Crippen MR) is 77.7 cm³/mol. The van der Waals surface area contributed by atoms with Crippen molar-refractivity contribution in [3.05, 3.63) is 0 Å². The first-order valence-corrected chi connectivity index (χ1v) is 7.79. The number of carbonyl (C=O) groups excluding carboxylic acids is 1. The van der Waals surface area contributed by atoms with Crippen molar-refractivity contribution in [2.75, 3.05) is 40.0 Å². The van der Waals surface area contributed by atoms with Crippen molar-refractivity contribution >= 4 is 5.97 Å². The zero-order valence-corrected chi connectivity index (χ0v) is 13.0. The molecule has 0 aromatic carbocycles. The molecule has 0 amide bonds. The second kappa shape index (κ2) is 7.38. The Morgan fingerprint density at radius 1 is 1.50 bits per heavy atom. The molecule has 1 aliphatic heterocycles. The topological polar surface area (TPSA) is 42.0 Å². The Kier molecular flexibility index (Phi) is 5.81. The van der Waals surface area contributed by atoms with E-state index in [4.69, 9.17) is 9.47 Å². The van der Waals surface area contributed by atoms with Crippen LogP contribution in [0.2, 0.25) is 0 Å². The van der Waals surface area contributed by atoms with Crippen LogP contribution in [0.4, 0.5) is 0 Å². The van der Waals surface area contributed by atoms with Gasteiger partial charge in [0.1, 0.15) is 6.04 Å². The van der Waals surface area contributed by atoms with E-state index in [1.807, 2.05) is 6.92 Å². The number of hydrogen-bond acceptors (Lipinski definition) is 5. The number of ether oxygens (including phenoxy) is 2. The highest BCUT2D eigenvalue weighted by atomic mass is 16.5. The number of carbonyl (C=O) groups is 1. The first-order valence-electron chi connectivity index (χ1n) is 7.79. The summed E-state index contributed by atoms with van der Waals surface area (Å²) >= 11 is 0. The number of esters is 1. The summed E-state index contributed by atoms with van der Waals surface area (Å²) in [6.45, 7) is 8.74. The molecule has 2 fully saturated rings. The molecule has 5 nitrogen and oxygen atoms in total. The van der Waals surface area contributed by atoms with E-state index < -0.39 is 0 Å². The van der Waals surface area contributed by atoms with Crippen molar-refractivity contribution < 1.29 is 14.3 Å². The maximum atomic E-state index is 11.8. The molecule has 1 aliphatic carbocycles. The number of nitrogens with zero attached hydrogens (tertiary/aromatic N) is 2. The summed E-state index contributed by atoms with van der Waals surface area (Å²) in [5.74, 6) is -0.119. The summed E-state index contributed by atoms with van der Waals surface area (Å²) in [4.78, 5) is 16.6. The number of morpholine rings is 1. The first kappa shape index (κ1) is 15.7. The molecule has 0 radical (unpaired) electrons. The standard InChI is InChI=1S/C15H28N2O3/c1-12-11-20-10-9-16(12)7-8-17(14-5-4-6-14)13(2)15(18)19-3/h12-14H,4-11H2,1-3H3/t12-,13+/m0/s1. The van der Waals surface area contributed by atoms with Gasteiger partial charge in [-0.3, -0.25) is 14.6 Å². The van der Waals surface area contributed by atoms with Gasteiger partial charge in [-0.05, 0) is 26.7 Å². The molecule has 2 atom stereocenters. The van der Waals surface area contributed by atoms with Crippen LogP contribution in [0.15, 0.2) is 0 Å². The molecule has 0 aromatic rings. The lowest BCUT2D eigenvalue weighted by Gasteiger charge is -2.42. The van der Waals surface area contributed by atoms with Gasteiger partial charge in [-0.1, -0.05) is 6.42 Å². The maximum Gasteiger partial charge on any atom is 0.322 e. The van der Waals surface area contributed by atoms with E-state index >= 15 is 0 Å². The summed E-state index contributed by atoms with van der Waals surface area (Å²) in [7, 11) is 1.47. The Hall–Kier alpha value is -0.650. The third-order valence-electron chi connectivity index (χ3n) is 4.73. The largest absolute Gasteiger partial charge is 0.468 e. The van der Waals surface area contributed by atoms with Crippen LogP contribution in [0.5, 0.6) is 0 Å². The van der Waals surface area contributed by atoms with Crippen LogP contribution in [-0.2, 0) is 14.3 Å². The second-order valence-corrected chi connectivity index (χ2v) is 5.98. The molecular formula is C15H28N2O3. The summed E-state index contributed by atoms with van der Waals surface area (Å²) in [5, 5.41) is 0. The molecular weight excluding hydrogens is 256 g/mol. The highest BCUT2D eigenvalue weighted by Crippen LogP contribution is 2.26. The zero-order valence-electron chi connectivity index (χ0n) is 13.0. The second-order valence-electron chi connectivity index (χ2n) is 5.98. The lowest BCUT2D eigenvalue weighted by Crippen LogP contribution is -2.53. The summed E-state index contributed by atoms with van der Waals surface area (Å²) < 4.78 is 10.4. The van der Waals surface area contributed by atoms with Crippen LogP contribution >= 0.6 is 0 Å². The van der Waals surface area contributed by atoms with Crippen LogP contribution in [0.25, 0.3) is 0 Å². The summed E-state index contributed by atoms with van der Waals surface area (Å²) in [6, 6.07) is 0.891. The third kappa shape index (κ3) is 3.71. The molecule has 2 rings (SSSR count). The van der Waals surface area contributed by atoms with Crippen LogP contribution in [0.1, 0.15) is 33.1 Å². The Balaban J connectivity index is 1.88. The SMILES string of the molecule is COC(=O)[C@@H](C)N(CCN1CCOC[C@@H]1C)C1CCC1. The molecule has 1 saturated heterocycles. The number of methoxy groups -OCH3 is 1. The van der Waals surface area contributed by atoms with Crippen molar-refractivity contribution in [1.29, 1.82) is 0 Å².